The molecule has 2 aromatic carbocycles. The lowest BCUT2D eigenvalue weighted by atomic mass is 10.0. The Morgan fingerprint density at radius 1 is 1.15 bits per heavy atom. The summed E-state index contributed by atoms with van der Waals surface area (Å²) in [6.45, 7) is 6.47. The molecule has 0 aliphatic rings. The fourth-order valence-electron chi connectivity index (χ4n) is 2.81. The normalized spacial score (nSPS) is 11.7. The molecule has 26 heavy (non-hydrogen) atoms. The first-order valence-corrected chi connectivity index (χ1v) is 9.16. The van der Waals surface area contributed by atoms with Crippen molar-refractivity contribution in [1.82, 2.24) is 10.2 Å². The van der Waals surface area contributed by atoms with Gasteiger partial charge in [0.25, 0.3) is 0 Å². The van der Waals surface area contributed by atoms with Crippen molar-refractivity contribution in [3.8, 4) is 0 Å². The van der Waals surface area contributed by atoms with Crippen LogP contribution in [0.25, 0.3) is 0 Å². The van der Waals surface area contributed by atoms with Crippen molar-refractivity contribution < 1.29 is 9.59 Å². The summed E-state index contributed by atoms with van der Waals surface area (Å²) in [5.41, 5.74) is 2.93. The number of hydrogen-bond donors (Lipinski definition) is 1. The molecule has 138 valence electrons. The average Bonchev–Trinajstić information content (AvgIpc) is 2.61. The Balaban J connectivity index is 2.25. The molecular weight excluding hydrogens is 348 g/mol. The molecule has 0 aliphatic heterocycles. The number of rotatable bonds is 7. The van der Waals surface area contributed by atoms with Gasteiger partial charge in [-0.15, -0.1) is 0 Å². The summed E-state index contributed by atoms with van der Waals surface area (Å²) in [5.74, 6) is -0.245. The van der Waals surface area contributed by atoms with E-state index in [1.54, 1.807) is 17.9 Å². The van der Waals surface area contributed by atoms with Gasteiger partial charge in [0.05, 0.1) is 6.42 Å². The van der Waals surface area contributed by atoms with Crippen LogP contribution in [0.3, 0.4) is 0 Å². The van der Waals surface area contributed by atoms with Crippen molar-refractivity contribution in [2.75, 3.05) is 6.54 Å². The molecule has 2 rings (SSSR count). The fraction of sp³-hybridized carbons (Fsp3) is 0.333. The predicted octanol–water partition coefficient (Wildman–Crippen LogP) is 3.74. The smallest absolute Gasteiger partial charge is 0.242 e. The second-order valence-electron chi connectivity index (χ2n) is 6.33. The summed E-state index contributed by atoms with van der Waals surface area (Å²) in [6.07, 6.45) is 0.261. The third kappa shape index (κ3) is 5.33. The van der Waals surface area contributed by atoms with E-state index in [-0.39, 0.29) is 18.2 Å². The van der Waals surface area contributed by atoms with E-state index >= 15 is 0 Å². The minimum Gasteiger partial charge on any atom is -0.355 e. The molecule has 0 aliphatic carbocycles. The Morgan fingerprint density at radius 2 is 1.88 bits per heavy atom. The van der Waals surface area contributed by atoms with Crippen LogP contribution < -0.4 is 5.32 Å². The number of nitrogens with zero attached hydrogens (tertiary/aromatic N) is 1. The van der Waals surface area contributed by atoms with Gasteiger partial charge in [-0.2, -0.15) is 0 Å². The Hall–Kier alpha value is -2.33. The highest BCUT2D eigenvalue weighted by Gasteiger charge is 2.26. The third-order valence-corrected chi connectivity index (χ3v) is 4.60. The topological polar surface area (TPSA) is 49.4 Å². The summed E-state index contributed by atoms with van der Waals surface area (Å²) in [4.78, 5) is 27.0. The molecule has 0 bridgehead atoms. The number of hydrogen-bond acceptors (Lipinski definition) is 2. The first-order chi connectivity index (χ1) is 12.4. The van der Waals surface area contributed by atoms with Crippen LogP contribution in [0.4, 0.5) is 0 Å². The lowest BCUT2D eigenvalue weighted by Gasteiger charge is -2.29. The van der Waals surface area contributed by atoms with Crippen LogP contribution in [0.1, 0.15) is 30.5 Å². The van der Waals surface area contributed by atoms with Crippen molar-refractivity contribution in [3.63, 3.8) is 0 Å². The van der Waals surface area contributed by atoms with E-state index < -0.39 is 6.04 Å². The van der Waals surface area contributed by atoms with E-state index in [0.717, 1.165) is 16.7 Å². The van der Waals surface area contributed by atoms with Gasteiger partial charge < -0.3 is 10.2 Å². The number of amides is 2. The predicted molar refractivity (Wildman–Crippen MR) is 105 cm³/mol. The standard InChI is InChI=1S/C21H25ClN2O2/c1-4-23-21(26)16(3)24(14-17-9-7-11-19(22)12-17)20(25)13-18-10-6-5-8-15(18)2/h5-12,16H,4,13-14H2,1-3H3,(H,23,26)/t16-/m0/s1. The van der Waals surface area contributed by atoms with Crippen LogP contribution in [0.2, 0.25) is 5.02 Å². The minimum absolute atomic E-state index is 0.0852. The molecule has 0 unspecified atom stereocenters. The van der Waals surface area contributed by atoms with E-state index in [4.69, 9.17) is 11.6 Å². The summed E-state index contributed by atoms with van der Waals surface area (Å²) in [7, 11) is 0. The SMILES string of the molecule is CCNC(=O)[C@H](C)N(Cc1cccc(Cl)c1)C(=O)Cc1ccccc1C. The monoisotopic (exact) mass is 372 g/mol. The molecule has 0 radical (unpaired) electrons. The van der Waals surface area contributed by atoms with Gasteiger partial charge in [0.15, 0.2) is 0 Å². The molecule has 0 heterocycles. The van der Waals surface area contributed by atoms with Gasteiger partial charge in [-0.3, -0.25) is 9.59 Å². The van der Waals surface area contributed by atoms with Gasteiger partial charge in [-0.05, 0) is 49.6 Å². The molecule has 0 spiro atoms. The van der Waals surface area contributed by atoms with Crippen molar-refractivity contribution in [2.45, 2.75) is 39.8 Å². The van der Waals surface area contributed by atoms with Gasteiger partial charge >= 0.3 is 0 Å². The summed E-state index contributed by atoms with van der Waals surface area (Å²) < 4.78 is 0. The van der Waals surface area contributed by atoms with Gasteiger partial charge in [0, 0.05) is 18.1 Å². The lowest BCUT2D eigenvalue weighted by Crippen LogP contribution is -2.48. The van der Waals surface area contributed by atoms with Crippen LogP contribution >= 0.6 is 11.6 Å². The second-order valence-corrected chi connectivity index (χ2v) is 6.76. The number of carbonyl (C=O) groups is 2. The van der Waals surface area contributed by atoms with E-state index in [1.807, 2.05) is 56.3 Å². The highest BCUT2D eigenvalue weighted by atomic mass is 35.5. The van der Waals surface area contributed by atoms with Crippen molar-refractivity contribution >= 4 is 23.4 Å². The summed E-state index contributed by atoms with van der Waals surface area (Å²) in [6, 6.07) is 14.6. The molecule has 0 fully saturated rings. The van der Waals surface area contributed by atoms with Crippen molar-refractivity contribution in [3.05, 3.63) is 70.2 Å². The van der Waals surface area contributed by atoms with E-state index in [9.17, 15) is 9.59 Å². The molecule has 5 heteroatoms. The third-order valence-electron chi connectivity index (χ3n) is 4.36. The molecule has 1 N–H and O–H groups in total. The number of aryl methyl sites for hydroxylation is 1. The van der Waals surface area contributed by atoms with Crippen LogP contribution in [0, 0.1) is 6.92 Å². The minimum atomic E-state index is -0.564. The first kappa shape index (κ1) is 20.0. The van der Waals surface area contributed by atoms with E-state index in [1.165, 1.54) is 0 Å². The zero-order valence-electron chi connectivity index (χ0n) is 15.5. The lowest BCUT2D eigenvalue weighted by molar-refractivity contribution is -0.140. The molecule has 2 aromatic rings. The van der Waals surface area contributed by atoms with Gasteiger partial charge in [-0.1, -0.05) is 48.0 Å². The summed E-state index contributed by atoms with van der Waals surface area (Å²) in [5, 5.41) is 3.40. The Bertz CT molecular complexity index is 776. The van der Waals surface area contributed by atoms with Gasteiger partial charge in [-0.25, -0.2) is 0 Å². The zero-order chi connectivity index (χ0) is 19.1. The van der Waals surface area contributed by atoms with Crippen molar-refractivity contribution in [1.29, 1.82) is 0 Å². The molecule has 0 aromatic heterocycles. The van der Waals surface area contributed by atoms with Gasteiger partial charge in [0.1, 0.15) is 6.04 Å². The largest absolute Gasteiger partial charge is 0.355 e. The Kier molecular flexibility index (Phi) is 7.22. The van der Waals surface area contributed by atoms with Gasteiger partial charge in [0.2, 0.25) is 11.8 Å². The average molecular weight is 373 g/mol. The molecule has 0 saturated carbocycles. The zero-order valence-corrected chi connectivity index (χ0v) is 16.2. The maximum atomic E-state index is 13.0. The quantitative estimate of drug-likeness (QED) is 0.804. The number of carbonyl (C=O) groups excluding carboxylic acids is 2. The van der Waals surface area contributed by atoms with E-state index in [0.29, 0.717) is 18.1 Å². The summed E-state index contributed by atoms with van der Waals surface area (Å²) >= 11 is 6.07. The number of benzene rings is 2. The van der Waals surface area contributed by atoms with Crippen LogP contribution in [-0.2, 0) is 22.6 Å². The van der Waals surface area contributed by atoms with Crippen LogP contribution in [0.15, 0.2) is 48.5 Å². The molecule has 1 atom stereocenters. The Labute approximate surface area is 160 Å². The first-order valence-electron chi connectivity index (χ1n) is 8.78. The number of likely N-dealkylation sites (N-methyl/N-ethyl adjacent to an activating group) is 1. The Morgan fingerprint density at radius 3 is 2.54 bits per heavy atom. The van der Waals surface area contributed by atoms with E-state index in [2.05, 4.69) is 5.32 Å². The maximum absolute atomic E-state index is 13.0. The second kappa shape index (κ2) is 9.39. The molecule has 0 saturated heterocycles. The highest BCUT2D eigenvalue weighted by Crippen LogP contribution is 2.17. The fourth-order valence-corrected chi connectivity index (χ4v) is 3.02. The molecule has 4 nitrogen and oxygen atoms in total. The maximum Gasteiger partial charge on any atom is 0.242 e. The van der Waals surface area contributed by atoms with Crippen molar-refractivity contribution in [2.24, 2.45) is 0 Å². The molecular formula is C21H25ClN2O2. The number of nitrogens with one attached hydrogen (secondary N) is 1. The van der Waals surface area contributed by atoms with Crippen LogP contribution in [0.5, 0.6) is 0 Å². The number of halogens is 1. The highest BCUT2D eigenvalue weighted by molar-refractivity contribution is 6.30. The van der Waals surface area contributed by atoms with Crippen LogP contribution in [-0.4, -0.2) is 29.3 Å². The molecule has 2 amide bonds.